The summed E-state index contributed by atoms with van der Waals surface area (Å²) in [6.07, 6.45) is 0.906. The van der Waals surface area contributed by atoms with E-state index in [-0.39, 0.29) is 18.6 Å². The smallest absolute Gasteiger partial charge is 0.343 e. The number of rotatable bonds is 5. The van der Waals surface area contributed by atoms with E-state index in [1.807, 2.05) is 12.1 Å². The molecular weight excluding hydrogens is 410 g/mol. The molecule has 0 fully saturated rings. The van der Waals surface area contributed by atoms with Crippen molar-refractivity contribution in [3.63, 3.8) is 0 Å². The minimum atomic E-state index is -1.82. The average molecular weight is 435 g/mol. The zero-order chi connectivity index (χ0) is 22.6. The Bertz CT molecular complexity index is 1330. The molecule has 1 atom stereocenters. The van der Waals surface area contributed by atoms with Gasteiger partial charge in [0.1, 0.15) is 6.61 Å². The molecule has 0 bridgehead atoms. The number of ether oxygens (including phenoxy) is 1. The number of aryl methyl sites for hydroxylation is 1. The fourth-order valence-corrected chi connectivity index (χ4v) is 4.88. The van der Waals surface area contributed by atoms with Crippen LogP contribution in [0.15, 0.2) is 29.1 Å². The first-order valence-electron chi connectivity index (χ1n) is 10.8. The van der Waals surface area contributed by atoms with Crippen LogP contribution in [0.5, 0.6) is 0 Å². The van der Waals surface area contributed by atoms with Crippen LogP contribution in [0.3, 0.4) is 0 Å². The summed E-state index contributed by atoms with van der Waals surface area (Å²) in [5.74, 6) is -0.715. The van der Waals surface area contributed by atoms with Crippen molar-refractivity contribution in [3.05, 3.63) is 62.4 Å². The van der Waals surface area contributed by atoms with Gasteiger partial charge in [0.25, 0.3) is 5.56 Å². The van der Waals surface area contributed by atoms with E-state index in [0.29, 0.717) is 29.9 Å². The Hall–Kier alpha value is -3.07. The Kier molecular flexibility index (Phi) is 4.88. The van der Waals surface area contributed by atoms with Crippen LogP contribution in [-0.4, -0.2) is 27.7 Å². The Balaban J connectivity index is 1.74. The van der Waals surface area contributed by atoms with Crippen LogP contribution in [0.1, 0.15) is 48.1 Å². The number of pyridine rings is 2. The maximum absolute atomic E-state index is 13.4. The molecule has 2 aliphatic heterocycles. The second-order valence-electron chi connectivity index (χ2n) is 8.25. The molecule has 0 radical (unpaired) electrons. The van der Waals surface area contributed by atoms with Gasteiger partial charge in [0, 0.05) is 23.1 Å². The Morgan fingerprint density at radius 1 is 1.25 bits per heavy atom. The highest BCUT2D eigenvalue weighted by Crippen LogP contribution is 2.40. The molecule has 8 nitrogen and oxygen atoms in total. The molecule has 8 heteroatoms. The van der Waals surface area contributed by atoms with E-state index in [1.54, 1.807) is 24.7 Å². The lowest BCUT2D eigenvalue weighted by Gasteiger charge is -2.31. The van der Waals surface area contributed by atoms with Gasteiger partial charge in [-0.15, -0.1) is 0 Å². The zero-order valence-electron chi connectivity index (χ0n) is 18.3. The van der Waals surface area contributed by atoms with Gasteiger partial charge in [-0.25, -0.2) is 9.78 Å². The van der Waals surface area contributed by atoms with Gasteiger partial charge >= 0.3 is 5.97 Å². The van der Waals surface area contributed by atoms with E-state index < -0.39 is 11.6 Å². The highest BCUT2D eigenvalue weighted by molar-refractivity contribution is 5.89. The number of hydroxylamine groups is 1. The number of benzene rings is 1. The van der Waals surface area contributed by atoms with Crippen LogP contribution in [0.25, 0.3) is 22.3 Å². The van der Waals surface area contributed by atoms with E-state index in [1.165, 1.54) is 0 Å². The van der Waals surface area contributed by atoms with E-state index >= 15 is 0 Å². The van der Waals surface area contributed by atoms with Gasteiger partial charge in [-0.1, -0.05) is 19.9 Å². The molecular formula is C24H25N3O5. The zero-order valence-corrected chi connectivity index (χ0v) is 18.3. The molecule has 166 valence electrons. The topological polar surface area (TPSA) is 103 Å². The molecule has 0 spiro atoms. The number of nitrogens with zero attached hydrogens (tertiary/aromatic N) is 2. The third kappa shape index (κ3) is 2.83. The third-order valence-electron chi connectivity index (χ3n) is 6.64. The number of cyclic esters (lactones) is 1. The fourth-order valence-electron chi connectivity index (χ4n) is 4.88. The maximum Gasteiger partial charge on any atom is 0.343 e. The summed E-state index contributed by atoms with van der Waals surface area (Å²) in [7, 11) is 1.58. The van der Waals surface area contributed by atoms with Gasteiger partial charge in [-0.2, -0.15) is 5.48 Å². The molecule has 0 saturated carbocycles. The summed E-state index contributed by atoms with van der Waals surface area (Å²) in [6, 6.07) is 7.82. The summed E-state index contributed by atoms with van der Waals surface area (Å²) in [4.78, 5) is 35.6. The Labute approximate surface area is 184 Å². The van der Waals surface area contributed by atoms with E-state index in [9.17, 15) is 14.7 Å². The lowest BCUT2D eigenvalue weighted by molar-refractivity contribution is -0.172. The summed E-state index contributed by atoms with van der Waals surface area (Å²) >= 11 is 0. The first-order valence-corrected chi connectivity index (χ1v) is 10.8. The number of fused-ring (bicyclic) bond motifs is 5. The minimum Gasteiger partial charge on any atom is -0.458 e. The second-order valence-corrected chi connectivity index (χ2v) is 8.25. The highest BCUT2D eigenvalue weighted by atomic mass is 16.6. The van der Waals surface area contributed by atoms with Crippen LogP contribution < -0.4 is 11.0 Å². The number of hydrogen-bond donors (Lipinski definition) is 2. The number of carbonyl (C=O) groups excluding carboxylic acids is 1. The molecule has 5 rings (SSSR count). The molecule has 0 aliphatic carbocycles. The lowest BCUT2D eigenvalue weighted by Crippen LogP contribution is -2.44. The van der Waals surface area contributed by atoms with Gasteiger partial charge in [-0.3, -0.25) is 4.79 Å². The molecule has 2 N–H and O–H groups in total. The monoisotopic (exact) mass is 435 g/mol. The quantitative estimate of drug-likeness (QED) is 0.366. The maximum atomic E-state index is 13.4. The highest BCUT2D eigenvalue weighted by Gasteiger charge is 2.45. The van der Waals surface area contributed by atoms with E-state index in [4.69, 9.17) is 14.6 Å². The Morgan fingerprint density at radius 2 is 2.06 bits per heavy atom. The van der Waals surface area contributed by atoms with Crippen LogP contribution in [0.2, 0.25) is 0 Å². The van der Waals surface area contributed by atoms with Gasteiger partial charge in [-0.05, 0) is 42.2 Å². The lowest BCUT2D eigenvalue weighted by atomic mass is 9.86. The van der Waals surface area contributed by atoms with Gasteiger partial charge in [0.2, 0.25) is 0 Å². The minimum absolute atomic E-state index is 0.123. The summed E-state index contributed by atoms with van der Waals surface area (Å²) in [5, 5.41) is 12.1. The first-order chi connectivity index (χ1) is 15.4. The molecule has 0 amide bonds. The van der Waals surface area contributed by atoms with E-state index in [2.05, 4.69) is 18.5 Å². The second kappa shape index (κ2) is 7.51. The normalized spacial score (nSPS) is 18.9. The number of aromatic nitrogens is 2. The molecule has 1 aromatic carbocycles. The van der Waals surface area contributed by atoms with Crippen LogP contribution >= 0.6 is 0 Å². The van der Waals surface area contributed by atoms with Crippen molar-refractivity contribution in [2.75, 3.05) is 7.11 Å². The van der Waals surface area contributed by atoms with Gasteiger partial charge in [0.05, 0.1) is 36.1 Å². The first kappa shape index (κ1) is 20.8. The molecule has 2 aliphatic rings. The fraction of sp³-hybridized carbons (Fsp3) is 0.375. The van der Waals surface area contributed by atoms with Crippen molar-refractivity contribution < 1.29 is 19.5 Å². The van der Waals surface area contributed by atoms with Gasteiger partial charge < -0.3 is 19.2 Å². The van der Waals surface area contributed by atoms with Crippen LogP contribution in [0.4, 0.5) is 0 Å². The van der Waals surface area contributed by atoms with Crippen molar-refractivity contribution in [1.82, 2.24) is 15.0 Å². The average Bonchev–Trinajstić information content (AvgIpc) is 3.17. The molecule has 3 aromatic rings. The Morgan fingerprint density at radius 3 is 2.78 bits per heavy atom. The van der Waals surface area contributed by atoms with Crippen molar-refractivity contribution in [2.45, 2.75) is 52.0 Å². The third-order valence-corrected chi connectivity index (χ3v) is 6.64. The summed E-state index contributed by atoms with van der Waals surface area (Å²) in [5.41, 5.74) is 6.88. The van der Waals surface area contributed by atoms with Crippen LogP contribution in [0, 0.1) is 0 Å². The molecule has 0 unspecified atom stereocenters. The largest absolute Gasteiger partial charge is 0.458 e. The standard InChI is InChI=1S/C24H25N3O5/c1-4-14-15-8-13(10-25-31-3)6-7-19(15)26-21-16(14)11-27-20(21)9-18-17(22(27)28)12-32-23(29)24(18,30)5-2/h6-9,25,30H,4-5,10-12H2,1-3H3/t24-/m0/s1. The number of hydrogen-bond acceptors (Lipinski definition) is 7. The van der Waals surface area contributed by atoms with E-state index in [0.717, 1.165) is 39.7 Å². The molecule has 32 heavy (non-hydrogen) atoms. The predicted molar refractivity (Wildman–Crippen MR) is 118 cm³/mol. The number of nitrogens with one attached hydrogen (secondary N) is 1. The van der Waals surface area contributed by atoms with Crippen molar-refractivity contribution in [2.24, 2.45) is 0 Å². The molecule has 4 heterocycles. The SMILES string of the molecule is CCc1c2c(nc3ccc(CNOC)cc13)-c1cc3c(c(=O)n1C2)COC(=O)[C@]3(O)CC. The van der Waals surface area contributed by atoms with Crippen molar-refractivity contribution >= 4 is 16.9 Å². The van der Waals surface area contributed by atoms with Gasteiger partial charge in [0.15, 0.2) is 5.60 Å². The number of aliphatic hydroxyl groups is 1. The summed E-state index contributed by atoms with van der Waals surface area (Å²) < 4.78 is 6.83. The molecule has 2 aromatic heterocycles. The summed E-state index contributed by atoms with van der Waals surface area (Å²) in [6.45, 7) is 4.64. The molecule has 0 saturated heterocycles. The number of esters is 1. The van der Waals surface area contributed by atoms with Crippen molar-refractivity contribution in [3.8, 4) is 11.4 Å². The van der Waals surface area contributed by atoms with Crippen LogP contribution in [-0.2, 0) is 46.1 Å². The van der Waals surface area contributed by atoms with Crippen molar-refractivity contribution in [1.29, 1.82) is 0 Å². The predicted octanol–water partition coefficient (Wildman–Crippen LogP) is 2.29. The number of carbonyl (C=O) groups is 1.